The van der Waals surface area contributed by atoms with Crippen molar-refractivity contribution in [3.8, 4) is 0 Å². The topological polar surface area (TPSA) is 59.5 Å². The van der Waals surface area contributed by atoms with Crippen molar-refractivity contribution < 1.29 is 14.3 Å². The molecule has 2 rings (SSSR count). The predicted octanol–water partition coefficient (Wildman–Crippen LogP) is 1.73. The highest BCUT2D eigenvalue weighted by molar-refractivity contribution is 5.80. The van der Waals surface area contributed by atoms with Crippen LogP contribution >= 0.6 is 0 Å². The summed E-state index contributed by atoms with van der Waals surface area (Å²) >= 11 is 0. The molecular weight excluding hydrogens is 268 g/mol. The van der Waals surface area contributed by atoms with Crippen molar-refractivity contribution in [1.82, 2.24) is 9.88 Å². The van der Waals surface area contributed by atoms with Crippen molar-refractivity contribution in [2.75, 3.05) is 19.7 Å². The second kappa shape index (κ2) is 7.20. The van der Waals surface area contributed by atoms with Crippen LogP contribution < -0.4 is 0 Å². The number of piperidine rings is 1. The van der Waals surface area contributed by atoms with Gasteiger partial charge in [0.05, 0.1) is 24.6 Å². The minimum atomic E-state index is -0.191. The molecule has 0 aliphatic carbocycles. The first-order valence-corrected chi connectivity index (χ1v) is 7.46. The zero-order valence-electron chi connectivity index (χ0n) is 12.7. The molecule has 0 unspecified atom stereocenters. The van der Waals surface area contributed by atoms with Gasteiger partial charge in [-0.15, -0.1) is 0 Å². The molecule has 0 N–H and O–H groups in total. The van der Waals surface area contributed by atoms with E-state index in [9.17, 15) is 9.59 Å². The van der Waals surface area contributed by atoms with Gasteiger partial charge in [-0.05, 0) is 38.3 Å². The third kappa shape index (κ3) is 4.03. The summed E-state index contributed by atoms with van der Waals surface area (Å²) in [5.74, 6) is -0.345. The molecule has 1 aliphatic rings. The van der Waals surface area contributed by atoms with E-state index in [0.717, 1.165) is 24.1 Å². The Morgan fingerprint density at radius 2 is 2.29 bits per heavy atom. The van der Waals surface area contributed by atoms with Crippen LogP contribution in [0.4, 0.5) is 0 Å². The van der Waals surface area contributed by atoms with Crippen molar-refractivity contribution >= 4 is 11.9 Å². The Kier molecular flexibility index (Phi) is 5.31. The van der Waals surface area contributed by atoms with Crippen LogP contribution in [0.1, 0.15) is 31.0 Å². The number of aromatic nitrogens is 1. The highest BCUT2D eigenvalue weighted by Gasteiger charge is 2.29. The van der Waals surface area contributed by atoms with Gasteiger partial charge < -0.3 is 9.64 Å². The summed E-state index contributed by atoms with van der Waals surface area (Å²) in [5.41, 5.74) is 1.82. The molecule has 1 fully saturated rings. The zero-order valence-corrected chi connectivity index (χ0v) is 12.7. The summed E-state index contributed by atoms with van der Waals surface area (Å²) < 4.78 is 5.06. The number of pyridine rings is 1. The van der Waals surface area contributed by atoms with Crippen molar-refractivity contribution in [3.05, 3.63) is 29.6 Å². The molecule has 114 valence electrons. The van der Waals surface area contributed by atoms with E-state index >= 15 is 0 Å². The van der Waals surface area contributed by atoms with Crippen molar-refractivity contribution in [3.63, 3.8) is 0 Å². The molecule has 21 heavy (non-hydrogen) atoms. The number of carbonyl (C=O) groups excluding carboxylic acids is 2. The van der Waals surface area contributed by atoms with Crippen LogP contribution in [0, 0.1) is 12.8 Å². The van der Waals surface area contributed by atoms with Gasteiger partial charge in [-0.2, -0.15) is 0 Å². The molecule has 5 heteroatoms. The third-order valence-electron chi connectivity index (χ3n) is 3.83. The number of likely N-dealkylation sites (tertiary alicyclic amines) is 1. The standard InChI is InChI=1S/C16H22N2O3/c1-3-21-16(20)13-7-5-9-18(11-13)15(19)10-14-12(2)6-4-8-17-14/h4,6,8,13H,3,5,7,9-11H2,1-2H3/t13-/m0/s1. The van der Waals surface area contributed by atoms with Crippen molar-refractivity contribution in [2.24, 2.45) is 5.92 Å². The lowest BCUT2D eigenvalue weighted by atomic mass is 9.97. The number of nitrogens with zero attached hydrogens (tertiary/aromatic N) is 2. The Bertz CT molecular complexity index is 516. The van der Waals surface area contributed by atoms with E-state index in [1.54, 1.807) is 18.0 Å². The predicted molar refractivity (Wildman–Crippen MR) is 78.6 cm³/mol. The van der Waals surface area contributed by atoms with Gasteiger partial charge in [0.15, 0.2) is 0 Å². The molecule has 0 bridgehead atoms. The van der Waals surface area contributed by atoms with Gasteiger partial charge in [0, 0.05) is 19.3 Å². The maximum Gasteiger partial charge on any atom is 0.310 e. The quantitative estimate of drug-likeness (QED) is 0.792. The van der Waals surface area contributed by atoms with E-state index in [1.165, 1.54) is 0 Å². The summed E-state index contributed by atoms with van der Waals surface area (Å²) in [5, 5.41) is 0. The van der Waals surface area contributed by atoms with Crippen LogP contribution in [0.15, 0.2) is 18.3 Å². The number of hydrogen-bond acceptors (Lipinski definition) is 4. The molecule has 1 saturated heterocycles. The van der Waals surface area contributed by atoms with Gasteiger partial charge in [-0.1, -0.05) is 6.07 Å². The van der Waals surface area contributed by atoms with E-state index in [4.69, 9.17) is 4.74 Å². The fraction of sp³-hybridized carbons (Fsp3) is 0.562. The fourth-order valence-electron chi connectivity index (χ4n) is 2.61. The normalized spacial score (nSPS) is 18.4. The summed E-state index contributed by atoms with van der Waals surface area (Å²) in [7, 11) is 0. The number of ether oxygens (including phenoxy) is 1. The van der Waals surface area contributed by atoms with Gasteiger partial charge >= 0.3 is 5.97 Å². The monoisotopic (exact) mass is 290 g/mol. The second-order valence-corrected chi connectivity index (χ2v) is 5.37. The average molecular weight is 290 g/mol. The average Bonchev–Trinajstić information content (AvgIpc) is 2.50. The Labute approximate surface area is 125 Å². The van der Waals surface area contributed by atoms with Crippen LogP contribution in [0.25, 0.3) is 0 Å². The van der Waals surface area contributed by atoms with Gasteiger partial charge in [-0.25, -0.2) is 0 Å². The molecule has 1 aromatic rings. The molecule has 1 atom stereocenters. The maximum absolute atomic E-state index is 12.4. The fourth-order valence-corrected chi connectivity index (χ4v) is 2.61. The first kappa shape index (κ1) is 15.5. The Balaban J connectivity index is 1.96. The number of rotatable bonds is 4. The minimum Gasteiger partial charge on any atom is -0.466 e. The van der Waals surface area contributed by atoms with Crippen molar-refractivity contribution in [2.45, 2.75) is 33.1 Å². The molecule has 0 radical (unpaired) electrons. The molecular formula is C16H22N2O3. The molecule has 5 nitrogen and oxygen atoms in total. The summed E-state index contributed by atoms with van der Waals surface area (Å²) in [6.07, 6.45) is 3.64. The van der Waals surface area contributed by atoms with Crippen LogP contribution in [0.3, 0.4) is 0 Å². The van der Waals surface area contributed by atoms with E-state index < -0.39 is 0 Å². The Morgan fingerprint density at radius 1 is 1.48 bits per heavy atom. The Morgan fingerprint density at radius 3 is 3.00 bits per heavy atom. The highest BCUT2D eigenvalue weighted by Crippen LogP contribution is 2.19. The van der Waals surface area contributed by atoms with Crippen LogP contribution in [0.2, 0.25) is 0 Å². The highest BCUT2D eigenvalue weighted by atomic mass is 16.5. The largest absolute Gasteiger partial charge is 0.466 e. The number of hydrogen-bond donors (Lipinski definition) is 0. The molecule has 1 aliphatic heterocycles. The second-order valence-electron chi connectivity index (χ2n) is 5.37. The van der Waals surface area contributed by atoms with Crippen LogP contribution in [-0.2, 0) is 20.7 Å². The smallest absolute Gasteiger partial charge is 0.310 e. The van der Waals surface area contributed by atoms with E-state index in [1.807, 2.05) is 19.1 Å². The van der Waals surface area contributed by atoms with Crippen LogP contribution in [0.5, 0.6) is 0 Å². The van der Waals surface area contributed by atoms with Gasteiger partial charge in [0.2, 0.25) is 5.91 Å². The first-order valence-electron chi connectivity index (χ1n) is 7.46. The first-order chi connectivity index (χ1) is 10.1. The lowest BCUT2D eigenvalue weighted by Crippen LogP contribution is -2.43. The molecule has 1 amide bonds. The minimum absolute atomic E-state index is 0.0331. The zero-order chi connectivity index (χ0) is 15.2. The van der Waals surface area contributed by atoms with Gasteiger partial charge in [0.25, 0.3) is 0 Å². The summed E-state index contributed by atoms with van der Waals surface area (Å²) in [6.45, 7) is 5.31. The van der Waals surface area contributed by atoms with E-state index in [-0.39, 0.29) is 17.8 Å². The number of aryl methyl sites for hydroxylation is 1. The van der Waals surface area contributed by atoms with E-state index in [0.29, 0.717) is 26.1 Å². The molecule has 0 aromatic carbocycles. The molecule has 1 aromatic heterocycles. The SMILES string of the molecule is CCOC(=O)[C@H]1CCCN(C(=O)Cc2ncccc2C)C1. The lowest BCUT2D eigenvalue weighted by Gasteiger charge is -2.31. The number of esters is 1. The number of carbonyl (C=O) groups is 2. The molecule has 2 heterocycles. The summed E-state index contributed by atoms with van der Waals surface area (Å²) in [4.78, 5) is 30.2. The van der Waals surface area contributed by atoms with Gasteiger partial charge in [0.1, 0.15) is 0 Å². The maximum atomic E-state index is 12.4. The van der Waals surface area contributed by atoms with E-state index in [2.05, 4.69) is 4.98 Å². The lowest BCUT2D eigenvalue weighted by molar-refractivity contribution is -0.151. The van der Waals surface area contributed by atoms with Gasteiger partial charge in [-0.3, -0.25) is 14.6 Å². The molecule has 0 saturated carbocycles. The summed E-state index contributed by atoms with van der Waals surface area (Å²) in [6, 6.07) is 3.81. The third-order valence-corrected chi connectivity index (χ3v) is 3.83. The molecule has 0 spiro atoms. The number of amides is 1. The van der Waals surface area contributed by atoms with Crippen molar-refractivity contribution in [1.29, 1.82) is 0 Å². The van der Waals surface area contributed by atoms with Crippen LogP contribution in [-0.4, -0.2) is 41.5 Å². The Hall–Kier alpha value is -1.91.